The molecule has 12 rings (SSSR count). The molecule has 12 aromatic rings. The summed E-state index contributed by atoms with van der Waals surface area (Å²) < 4.78 is 20.2. The fourth-order valence-corrected chi connectivity index (χ4v) is 8.69. The van der Waals surface area contributed by atoms with Crippen LogP contribution in [0, 0.1) is 0 Å². The number of rotatable bonds is 4. The second-order valence-corrected chi connectivity index (χ2v) is 14.0. The minimum atomic E-state index is 0.821. The number of furan rings is 3. The molecule has 0 spiro atoms. The maximum Gasteiger partial charge on any atom is 0.159 e. The van der Waals surface area contributed by atoms with Gasteiger partial charge in [0.15, 0.2) is 5.58 Å². The van der Waals surface area contributed by atoms with Crippen molar-refractivity contribution in [1.29, 1.82) is 0 Å². The Labute approximate surface area is 308 Å². The topological polar surface area (TPSA) is 42.7 Å². The molecule has 0 bridgehead atoms. The first-order chi connectivity index (χ1) is 26.8. The maximum atomic E-state index is 6.77. The van der Waals surface area contributed by atoms with E-state index in [-0.39, 0.29) is 0 Å². The van der Waals surface area contributed by atoms with E-state index in [2.05, 4.69) is 169 Å². The highest BCUT2D eigenvalue weighted by molar-refractivity contribution is 6.23. The Morgan fingerprint density at radius 1 is 0.278 bits per heavy atom. The predicted octanol–water partition coefficient (Wildman–Crippen LogP) is 14.8. The first-order valence-corrected chi connectivity index (χ1v) is 18.3. The van der Waals surface area contributed by atoms with Gasteiger partial charge in [0, 0.05) is 43.3 Å². The van der Waals surface area contributed by atoms with Crippen LogP contribution in [0.1, 0.15) is 0 Å². The Kier molecular flexibility index (Phi) is 6.02. The smallest absolute Gasteiger partial charge is 0.159 e. The largest absolute Gasteiger partial charge is 0.455 e. The van der Waals surface area contributed by atoms with Crippen LogP contribution < -0.4 is 4.90 Å². The van der Waals surface area contributed by atoms with Crippen molar-refractivity contribution in [2.24, 2.45) is 0 Å². The molecule has 0 amide bonds. The van der Waals surface area contributed by atoms with Gasteiger partial charge in [0.25, 0.3) is 0 Å². The number of nitrogens with zero attached hydrogens (tertiary/aromatic N) is 1. The minimum absolute atomic E-state index is 0.821. The van der Waals surface area contributed by atoms with Gasteiger partial charge in [-0.05, 0) is 64.9 Å². The predicted molar refractivity (Wildman–Crippen MR) is 223 cm³/mol. The molecular formula is C50H29NO3. The second-order valence-electron chi connectivity index (χ2n) is 14.0. The molecule has 9 aromatic carbocycles. The molecule has 4 nitrogen and oxygen atoms in total. The van der Waals surface area contributed by atoms with Gasteiger partial charge in [-0.1, -0.05) is 127 Å². The van der Waals surface area contributed by atoms with E-state index < -0.39 is 0 Å². The van der Waals surface area contributed by atoms with Crippen LogP contribution in [0.2, 0.25) is 0 Å². The van der Waals surface area contributed by atoms with Gasteiger partial charge < -0.3 is 18.2 Å². The van der Waals surface area contributed by atoms with Crippen molar-refractivity contribution in [2.75, 3.05) is 4.90 Å². The fraction of sp³-hybridized carbons (Fsp3) is 0. The summed E-state index contributed by atoms with van der Waals surface area (Å²) in [5.74, 6) is 0. The molecule has 0 atom stereocenters. The van der Waals surface area contributed by atoms with E-state index in [1.54, 1.807) is 0 Å². The van der Waals surface area contributed by atoms with E-state index in [1.165, 1.54) is 0 Å². The molecule has 0 aliphatic heterocycles. The summed E-state index contributed by atoms with van der Waals surface area (Å²) in [4.78, 5) is 2.36. The summed E-state index contributed by atoms with van der Waals surface area (Å²) in [6.07, 6.45) is 0. The van der Waals surface area contributed by atoms with Gasteiger partial charge in [-0.15, -0.1) is 0 Å². The molecule has 0 aliphatic rings. The summed E-state index contributed by atoms with van der Waals surface area (Å²) >= 11 is 0. The van der Waals surface area contributed by atoms with Crippen LogP contribution in [-0.2, 0) is 0 Å². The molecule has 0 saturated carbocycles. The second kappa shape index (κ2) is 11.1. The van der Waals surface area contributed by atoms with Gasteiger partial charge in [-0.2, -0.15) is 0 Å². The minimum Gasteiger partial charge on any atom is -0.455 e. The molecule has 3 aromatic heterocycles. The van der Waals surface area contributed by atoms with E-state index in [0.29, 0.717) is 0 Å². The highest BCUT2D eigenvalue weighted by atomic mass is 16.3. The standard InChI is InChI=1S/C50H29NO3/c1-3-14-32-30(12-1)26-28-38-46-36(18-10-24-44(46)53-48(32)38)34-16-5-7-20-40(34)51(42-22-9-19-37-35-17-6-8-23-43(35)52-50(37)42)41-21-11-25-45-47(41)39-29-27-31-13-2-4-15-33(31)49(39)54-45/h1-29H. The third kappa shape index (κ3) is 4.08. The number of hydrogen-bond donors (Lipinski definition) is 0. The van der Waals surface area contributed by atoms with Gasteiger partial charge in [0.1, 0.15) is 27.9 Å². The number of anilines is 3. The molecule has 4 heteroatoms. The average Bonchev–Trinajstić information content (AvgIpc) is 3.94. The SMILES string of the molecule is c1ccc(N(c2cccc3c2oc2ccccc23)c2cccc3oc4c5ccccc5ccc4c23)c(-c2cccc3oc4c5ccccc5ccc4c23)c1. The molecule has 252 valence electrons. The summed E-state index contributed by atoms with van der Waals surface area (Å²) in [5, 5.41) is 10.9. The first kappa shape index (κ1) is 29.3. The lowest BCUT2D eigenvalue weighted by molar-refractivity contribution is 0.669. The fourth-order valence-electron chi connectivity index (χ4n) is 8.69. The summed E-state index contributed by atoms with van der Waals surface area (Å²) in [6.45, 7) is 0. The van der Waals surface area contributed by atoms with E-state index in [0.717, 1.165) is 116 Å². The monoisotopic (exact) mass is 691 g/mol. The normalized spacial score (nSPS) is 12.1. The van der Waals surface area contributed by atoms with E-state index >= 15 is 0 Å². The first-order valence-electron chi connectivity index (χ1n) is 18.3. The van der Waals surface area contributed by atoms with Crippen LogP contribution in [0.3, 0.4) is 0 Å². The number of para-hydroxylation sites is 3. The molecule has 3 heterocycles. The molecule has 0 radical (unpaired) electrons. The van der Waals surface area contributed by atoms with Crippen molar-refractivity contribution in [3.63, 3.8) is 0 Å². The van der Waals surface area contributed by atoms with Crippen molar-refractivity contribution in [1.82, 2.24) is 0 Å². The molecule has 0 fully saturated rings. The number of benzene rings is 9. The van der Waals surface area contributed by atoms with Gasteiger partial charge in [0.2, 0.25) is 0 Å². The van der Waals surface area contributed by atoms with Crippen LogP contribution in [0.4, 0.5) is 17.1 Å². The molecule has 0 N–H and O–H groups in total. The third-order valence-electron chi connectivity index (χ3n) is 11.1. The van der Waals surface area contributed by atoms with Crippen LogP contribution in [0.25, 0.3) is 98.5 Å². The van der Waals surface area contributed by atoms with Crippen molar-refractivity contribution in [3.8, 4) is 11.1 Å². The summed E-state index contributed by atoms with van der Waals surface area (Å²) in [7, 11) is 0. The molecule has 0 aliphatic carbocycles. The van der Waals surface area contributed by atoms with Crippen LogP contribution >= 0.6 is 0 Å². The third-order valence-corrected chi connectivity index (χ3v) is 11.1. The van der Waals surface area contributed by atoms with Crippen molar-refractivity contribution in [3.05, 3.63) is 176 Å². The van der Waals surface area contributed by atoms with Crippen LogP contribution in [-0.4, -0.2) is 0 Å². The lowest BCUT2D eigenvalue weighted by atomic mass is 9.95. The summed E-state index contributed by atoms with van der Waals surface area (Å²) in [5.41, 5.74) is 10.3. The lowest BCUT2D eigenvalue weighted by Crippen LogP contribution is -2.12. The highest BCUT2D eigenvalue weighted by Gasteiger charge is 2.26. The van der Waals surface area contributed by atoms with Crippen molar-refractivity contribution in [2.45, 2.75) is 0 Å². The zero-order valence-electron chi connectivity index (χ0n) is 28.9. The van der Waals surface area contributed by atoms with E-state index in [4.69, 9.17) is 13.3 Å². The van der Waals surface area contributed by atoms with Crippen molar-refractivity contribution >= 4 is 104 Å². The number of hydrogen-bond acceptors (Lipinski definition) is 4. The van der Waals surface area contributed by atoms with Gasteiger partial charge in [0.05, 0.1) is 22.4 Å². The average molecular weight is 692 g/mol. The molecule has 0 saturated heterocycles. The van der Waals surface area contributed by atoms with Crippen LogP contribution in [0.5, 0.6) is 0 Å². The lowest BCUT2D eigenvalue weighted by Gasteiger charge is -2.28. The van der Waals surface area contributed by atoms with Crippen molar-refractivity contribution < 1.29 is 13.3 Å². The van der Waals surface area contributed by atoms with Gasteiger partial charge >= 0.3 is 0 Å². The van der Waals surface area contributed by atoms with Crippen LogP contribution in [0.15, 0.2) is 189 Å². The van der Waals surface area contributed by atoms with E-state index in [1.807, 2.05) is 12.1 Å². The maximum absolute atomic E-state index is 6.77. The molecular weight excluding hydrogens is 663 g/mol. The number of fused-ring (bicyclic) bond motifs is 13. The quantitative estimate of drug-likeness (QED) is 0.184. The zero-order valence-corrected chi connectivity index (χ0v) is 28.9. The zero-order chi connectivity index (χ0) is 35.3. The van der Waals surface area contributed by atoms with Gasteiger partial charge in [-0.25, -0.2) is 0 Å². The Balaban J connectivity index is 1.20. The Bertz CT molecular complexity index is 3470. The van der Waals surface area contributed by atoms with Gasteiger partial charge in [-0.3, -0.25) is 0 Å². The Morgan fingerprint density at radius 2 is 0.778 bits per heavy atom. The Morgan fingerprint density at radius 3 is 1.56 bits per heavy atom. The highest BCUT2D eigenvalue weighted by Crippen LogP contribution is 2.50. The van der Waals surface area contributed by atoms with E-state index in [9.17, 15) is 0 Å². The molecule has 54 heavy (non-hydrogen) atoms. The molecule has 0 unspecified atom stereocenters. The summed E-state index contributed by atoms with van der Waals surface area (Å²) in [6, 6.07) is 61.8. The Hall–Kier alpha value is -7.30.